The predicted molar refractivity (Wildman–Crippen MR) is 97.1 cm³/mol. The highest BCUT2D eigenvalue weighted by Gasteiger charge is 2.39. The number of ketones is 2. The van der Waals surface area contributed by atoms with Crippen molar-refractivity contribution in [2.75, 3.05) is 6.61 Å². The summed E-state index contributed by atoms with van der Waals surface area (Å²) in [6.45, 7) is 1.74. The zero-order valence-corrected chi connectivity index (χ0v) is 15.5. The van der Waals surface area contributed by atoms with Crippen LogP contribution in [-0.2, 0) is 9.53 Å². The Balaban J connectivity index is 2.29. The third kappa shape index (κ3) is 3.20. The normalized spacial score (nSPS) is 14.8. The summed E-state index contributed by atoms with van der Waals surface area (Å²) in [7, 11) is 0. The van der Waals surface area contributed by atoms with Gasteiger partial charge in [0.05, 0.1) is 23.3 Å². The van der Waals surface area contributed by atoms with Crippen LogP contribution in [0.3, 0.4) is 0 Å². The molecule has 3 rings (SSSR count). The first-order valence-corrected chi connectivity index (χ1v) is 8.56. The van der Waals surface area contributed by atoms with E-state index in [0.717, 1.165) is 13.0 Å². The largest absolute Gasteiger partial charge is 0.507 e. The number of benzene rings is 2. The molecule has 0 radical (unpaired) electrons. The van der Waals surface area contributed by atoms with Crippen LogP contribution in [0.2, 0.25) is 0 Å². The van der Waals surface area contributed by atoms with Crippen molar-refractivity contribution in [3.8, 4) is 17.2 Å². The Morgan fingerprint density at radius 3 is 2.21 bits per heavy atom. The van der Waals surface area contributed by atoms with Gasteiger partial charge in [0.2, 0.25) is 5.78 Å². The standard InChI is InChI=1S/C20H18O9/c1-7-3-9-14(11(23)4-7)18(27)15-10(17(9)26)5-12(24)16(19(15)28)20(13(25)6-21)29-8(2)22/h3-5,13,20-21,23-25,28H,6H2,1-2H3. The van der Waals surface area contributed by atoms with Gasteiger partial charge in [0.1, 0.15) is 23.4 Å². The van der Waals surface area contributed by atoms with Crippen LogP contribution in [-0.4, -0.2) is 55.8 Å². The number of hydrogen-bond donors (Lipinski definition) is 5. The van der Waals surface area contributed by atoms with E-state index in [9.17, 15) is 39.9 Å². The van der Waals surface area contributed by atoms with E-state index in [-0.39, 0.29) is 16.7 Å². The van der Waals surface area contributed by atoms with E-state index in [0.29, 0.717) is 5.56 Å². The van der Waals surface area contributed by atoms with Crippen LogP contribution in [0, 0.1) is 6.92 Å². The molecule has 9 nitrogen and oxygen atoms in total. The van der Waals surface area contributed by atoms with Gasteiger partial charge in [-0.05, 0) is 30.7 Å². The first kappa shape index (κ1) is 20.3. The van der Waals surface area contributed by atoms with Crippen molar-refractivity contribution in [3.63, 3.8) is 0 Å². The molecule has 0 saturated heterocycles. The molecule has 0 amide bonds. The summed E-state index contributed by atoms with van der Waals surface area (Å²) in [6.07, 6.45) is -3.44. The van der Waals surface area contributed by atoms with E-state index in [4.69, 9.17) is 4.74 Å². The predicted octanol–water partition coefficient (Wildman–Crippen LogP) is 0.845. The SMILES string of the molecule is CC(=O)OC(c1c(O)cc2c(c1O)C(=O)c1c(O)cc(C)cc1C2=O)C(O)CO. The van der Waals surface area contributed by atoms with Crippen molar-refractivity contribution >= 4 is 17.5 Å². The molecular weight excluding hydrogens is 384 g/mol. The number of phenols is 3. The molecule has 0 spiro atoms. The van der Waals surface area contributed by atoms with Crippen molar-refractivity contribution in [1.29, 1.82) is 0 Å². The lowest BCUT2D eigenvalue weighted by Crippen LogP contribution is -2.28. The molecular formula is C20H18O9. The molecule has 0 bridgehead atoms. The number of esters is 1. The average Bonchev–Trinajstić information content (AvgIpc) is 2.63. The van der Waals surface area contributed by atoms with E-state index in [1.165, 1.54) is 12.1 Å². The summed E-state index contributed by atoms with van der Waals surface area (Å²) in [5.41, 5.74) is -1.25. The van der Waals surface area contributed by atoms with Gasteiger partial charge in [-0.25, -0.2) is 0 Å². The summed E-state index contributed by atoms with van der Waals surface area (Å²) in [5.74, 6) is -4.56. The molecule has 2 aromatic rings. The second-order valence-electron chi connectivity index (χ2n) is 6.73. The molecule has 2 atom stereocenters. The van der Waals surface area contributed by atoms with Gasteiger partial charge >= 0.3 is 5.97 Å². The summed E-state index contributed by atoms with van der Waals surface area (Å²) in [5, 5.41) is 50.5. The highest BCUT2D eigenvalue weighted by molar-refractivity contribution is 6.30. The lowest BCUT2D eigenvalue weighted by molar-refractivity contribution is -0.154. The number of aromatic hydroxyl groups is 3. The topological polar surface area (TPSA) is 162 Å². The van der Waals surface area contributed by atoms with Crippen LogP contribution in [0.15, 0.2) is 18.2 Å². The molecule has 0 heterocycles. The second-order valence-corrected chi connectivity index (χ2v) is 6.73. The number of aryl methyl sites for hydroxylation is 1. The molecule has 0 saturated carbocycles. The smallest absolute Gasteiger partial charge is 0.303 e. The van der Waals surface area contributed by atoms with Crippen LogP contribution in [0.25, 0.3) is 0 Å². The summed E-state index contributed by atoms with van der Waals surface area (Å²) in [4.78, 5) is 37.2. The van der Waals surface area contributed by atoms with E-state index in [1.54, 1.807) is 6.92 Å². The van der Waals surface area contributed by atoms with Crippen LogP contribution in [0.4, 0.5) is 0 Å². The summed E-state index contributed by atoms with van der Waals surface area (Å²) in [6, 6.07) is 3.59. The Bertz CT molecular complexity index is 1050. The fourth-order valence-electron chi connectivity index (χ4n) is 3.42. The molecule has 0 aromatic heterocycles. The zero-order valence-electron chi connectivity index (χ0n) is 15.5. The van der Waals surface area contributed by atoms with Gasteiger partial charge in [-0.3, -0.25) is 14.4 Å². The number of phenolic OH excluding ortho intramolecular Hbond substituents is 3. The number of hydrogen-bond acceptors (Lipinski definition) is 9. The molecule has 0 aliphatic heterocycles. The van der Waals surface area contributed by atoms with E-state index in [2.05, 4.69) is 0 Å². The Hall–Kier alpha value is -3.43. The van der Waals surface area contributed by atoms with Gasteiger partial charge in [-0.2, -0.15) is 0 Å². The van der Waals surface area contributed by atoms with Crippen molar-refractivity contribution < 1.29 is 44.7 Å². The minimum absolute atomic E-state index is 0.0847. The lowest BCUT2D eigenvalue weighted by Gasteiger charge is -2.26. The quantitative estimate of drug-likeness (QED) is 0.398. The number of carbonyl (C=O) groups is 3. The monoisotopic (exact) mass is 402 g/mol. The Morgan fingerprint density at radius 2 is 1.62 bits per heavy atom. The van der Waals surface area contributed by atoms with Gasteiger partial charge in [0, 0.05) is 18.1 Å². The molecule has 9 heteroatoms. The first-order valence-electron chi connectivity index (χ1n) is 8.56. The average molecular weight is 402 g/mol. The maximum Gasteiger partial charge on any atom is 0.303 e. The van der Waals surface area contributed by atoms with E-state index in [1.807, 2.05) is 0 Å². The van der Waals surface area contributed by atoms with Crippen molar-refractivity contribution in [1.82, 2.24) is 0 Å². The minimum Gasteiger partial charge on any atom is -0.507 e. The molecule has 152 valence electrons. The van der Waals surface area contributed by atoms with Crippen molar-refractivity contribution in [3.05, 3.63) is 51.6 Å². The molecule has 29 heavy (non-hydrogen) atoms. The van der Waals surface area contributed by atoms with Gasteiger partial charge < -0.3 is 30.3 Å². The number of ether oxygens (including phenoxy) is 1. The third-order valence-corrected chi connectivity index (χ3v) is 4.64. The van der Waals surface area contributed by atoms with E-state index >= 15 is 0 Å². The molecule has 5 N–H and O–H groups in total. The van der Waals surface area contributed by atoms with Crippen molar-refractivity contribution in [2.24, 2.45) is 0 Å². The fraction of sp³-hybridized carbons (Fsp3) is 0.250. The molecule has 1 aliphatic rings. The van der Waals surface area contributed by atoms with Gasteiger partial charge in [-0.15, -0.1) is 0 Å². The van der Waals surface area contributed by atoms with Crippen molar-refractivity contribution in [2.45, 2.75) is 26.1 Å². The summed E-state index contributed by atoms with van der Waals surface area (Å²) >= 11 is 0. The number of aliphatic hydroxyl groups is 2. The number of fused-ring (bicyclic) bond motifs is 2. The number of carbonyl (C=O) groups excluding carboxylic acids is 3. The van der Waals surface area contributed by atoms with Gasteiger partial charge in [-0.1, -0.05) is 0 Å². The fourth-order valence-corrected chi connectivity index (χ4v) is 3.42. The van der Waals surface area contributed by atoms with Gasteiger partial charge in [0.15, 0.2) is 11.9 Å². The Kier molecular flexibility index (Phi) is 5.04. The maximum atomic E-state index is 13.0. The maximum absolute atomic E-state index is 13.0. The zero-order chi connectivity index (χ0) is 21.6. The Morgan fingerprint density at radius 1 is 1.00 bits per heavy atom. The molecule has 0 fully saturated rings. The number of aliphatic hydroxyl groups excluding tert-OH is 2. The third-order valence-electron chi connectivity index (χ3n) is 4.64. The number of rotatable bonds is 4. The lowest BCUT2D eigenvalue weighted by atomic mass is 9.80. The highest BCUT2D eigenvalue weighted by atomic mass is 16.6. The van der Waals surface area contributed by atoms with E-state index < -0.39 is 64.7 Å². The summed E-state index contributed by atoms with van der Waals surface area (Å²) < 4.78 is 4.90. The van der Waals surface area contributed by atoms with Gasteiger partial charge in [0.25, 0.3) is 0 Å². The second kappa shape index (κ2) is 7.19. The van der Waals surface area contributed by atoms with Crippen LogP contribution >= 0.6 is 0 Å². The van der Waals surface area contributed by atoms with Crippen LogP contribution in [0.5, 0.6) is 17.2 Å². The molecule has 2 unspecified atom stereocenters. The Labute approximate surface area is 164 Å². The molecule has 2 aromatic carbocycles. The minimum atomic E-state index is -1.73. The highest BCUT2D eigenvalue weighted by Crippen LogP contribution is 2.45. The van der Waals surface area contributed by atoms with Crippen LogP contribution < -0.4 is 0 Å². The van der Waals surface area contributed by atoms with Crippen LogP contribution in [0.1, 0.15) is 56.0 Å². The first-order chi connectivity index (χ1) is 13.6. The molecule has 1 aliphatic carbocycles.